The molecule has 0 unspecified atom stereocenters. The maximum Gasteiger partial charge on any atom is 0.227 e. The van der Waals surface area contributed by atoms with Gasteiger partial charge in [0, 0.05) is 31.1 Å². The standard InChI is InChI=1S/C27H27N3O/c1-20-10-5-7-15-24(20)30-19-22(18-26(30)31)27-28-23-14-6-8-16-25(23)29(27)17-9-13-21-11-3-2-4-12-21/h2-8,10-12,14-16,22H,9,13,17-19H2,1H3/t22-/m0/s1. The number of carbonyl (C=O) groups excluding carboxylic acids is 1. The first kappa shape index (κ1) is 19.6. The lowest BCUT2D eigenvalue weighted by atomic mass is 10.1. The van der Waals surface area contributed by atoms with Gasteiger partial charge in [0.15, 0.2) is 0 Å². The van der Waals surface area contributed by atoms with Crippen LogP contribution in [0.4, 0.5) is 5.69 Å². The van der Waals surface area contributed by atoms with Gasteiger partial charge in [-0.3, -0.25) is 4.79 Å². The highest BCUT2D eigenvalue weighted by Crippen LogP contribution is 2.34. The summed E-state index contributed by atoms with van der Waals surface area (Å²) in [6, 6.07) is 27.1. The summed E-state index contributed by atoms with van der Waals surface area (Å²) in [6.07, 6.45) is 2.58. The molecule has 4 nitrogen and oxygen atoms in total. The van der Waals surface area contributed by atoms with E-state index in [1.165, 1.54) is 5.56 Å². The topological polar surface area (TPSA) is 38.1 Å². The largest absolute Gasteiger partial charge is 0.328 e. The number of para-hydroxylation sites is 3. The number of hydrogen-bond acceptors (Lipinski definition) is 2. The second kappa shape index (κ2) is 8.38. The minimum Gasteiger partial charge on any atom is -0.328 e. The average Bonchev–Trinajstić information content (AvgIpc) is 3.35. The Kier molecular flexibility index (Phi) is 5.29. The molecule has 1 aliphatic rings. The molecule has 4 heteroatoms. The van der Waals surface area contributed by atoms with Crippen LogP contribution in [-0.2, 0) is 17.8 Å². The number of benzene rings is 3. The van der Waals surface area contributed by atoms with Crippen LogP contribution >= 0.6 is 0 Å². The number of fused-ring (bicyclic) bond motifs is 1. The Balaban J connectivity index is 1.42. The highest BCUT2D eigenvalue weighted by molar-refractivity contribution is 5.97. The fourth-order valence-electron chi connectivity index (χ4n) is 4.71. The third kappa shape index (κ3) is 3.86. The van der Waals surface area contributed by atoms with Crippen LogP contribution in [0.1, 0.15) is 35.7 Å². The lowest BCUT2D eigenvalue weighted by molar-refractivity contribution is -0.117. The molecule has 3 aromatic carbocycles. The van der Waals surface area contributed by atoms with Gasteiger partial charge in [-0.1, -0.05) is 60.7 Å². The molecule has 0 saturated carbocycles. The molecule has 0 aliphatic carbocycles. The van der Waals surface area contributed by atoms with E-state index in [1.54, 1.807) is 0 Å². The number of imidazole rings is 1. The Labute approximate surface area is 183 Å². The molecule has 4 aromatic rings. The second-order valence-electron chi connectivity index (χ2n) is 8.39. The molecule has 0 spiro atoms. The van der Waals surface area contributed by atoms with Gasteiger partial charge in [0.25, 0.3) is 0 Å². The highest BCUT2D eigenvalue weighted by Gasteiger charge is 2.35. The molecular formula is C27H27N3O. The molecule has 2 heterocycles. The van der Waals surface area contributed by atoms with Crippen molar-refractivity contribution in [1.82, 2.24) is 9.55 Å². The van der Waals surface area contributed by atoms with Gasteiger partial charge < -0.3 is 9.47 Å². The third-order valence-electron chi connectivity index (χ3n) is 6.27. The summed E-state index contributed by atoms with van der Waals surface area (Å²) in [5.74, 6) is 1.33. The van der Waals surface area contributed by atoms with Crippen LogP contribution in [0.3, 0.4) is 0 Å². The van der Waals surface area contributed by atoms with Gasteiger partial charge in [-0.25, -0.2) is 4.98 Å². The molecule has 5 rings (SSSR count). The number of anilines is 1. The fraction of sp³-hybridized carbons (Fsp3) is 0.259. The minimum absolute atomic E-state index is 0.108. The molecule has 31 heavy (non-hydrogen) atoms. The van der Waals surface area contributed by atoms with Gasteiger partial charge in [-0.2, -0.15) is 0 Å². The van der Waals surface area contributed by atoms with Gasteiger partial charge in [0.1, 0.15) is 5.82 Å². The normalized spacial score (nSPS) is 16.4. The van der Waals surface area contributed by atoms with Crippen LogP contribution < -0.4 is 4.90 Å². The van der Waals surface area contributed by atoms with E-state index in [2.05, 4.69) is 66.1 Å². The van der Waals surface area contributed by atoms with Crippen molar-refractivity contribution in [3.8, 4) is 0 Å². The number of hydrogen-bond donors (Lipinski definition) is 0. The zero-order valence-corrected chi connectivity index (χ0v) is 17.9. The Hall–Kier alpha value is -3.40. The number of aromatic nitrogens is 2. The molecule has 1 atom stereocenters. The quantitative estimate of drug-likeness (QED) is 0.422. The van der Waals surface area contributed by atoms with Crippen molar-refractivity contribution in [2.24, 2.45) is 0 Å². The number of carbonyl (C=O) groups is 1. The average molecular weight is 410 g/mol. The van der Waals surface area contributed by atoms with E-state index in [0.717, 1.165) is 47.5 Å². The van der Waals surface area contributed by atoms with E-state index in [9.17, 15) is 4.79 Å². The highest BCUT2D eigenvalue weighted by atomic mass is 16.2. The zero-order chi connectivity index (χ0) is 21.2. The molecule has 0 N–H and O–H groups in total. The van der Waals surface area contributed by atoms with Crippen LogP contribution in [0.5, 0.6) is 0 Å². The van der Waals surface area contributed by atoms with E-state index in [1.807, 2.05) is 29.2 Å². The van der Waals surface area contributed by atoms with Gasteiger partial charge in [-0.05, 0) is 49.1 Å². The predicted molar refractivity (Wildman–Crippen MR) is 125 cm³/mol. The molecule has 1 fully saturated rings. The summed E-state index contributed by atoms with van der Waals surface area (Å²) in [5, 5.41) is 0. The van der Waals surface area contributed by atoms with Crippen molar-refractivity contribution in [2.75, 3.05) is 11.4 Å². The first-order chi connectivity index (χ1) is 15.2. The second-order valence-corrected chi connectivity index (χ2v) is 8.39. The monoisotopic (exact) mass is 409 g/mol. The maximum absolute atomic E-state index is 12.9. The van der Waals surface area contributed by atoms with Gasteiger partial charge in [0.05, 0.1) is 11.0 Å². The Morgan fingerprint density at radius 3 is 2.52 bits per heavy atom. The van der Waals surface area contributed by atoms with Crippen molar-refractivity contribution in [1.29, 1.82) is 0 Å². The first-order valence-corrected chi connectivity index (χ1v) is 11.1. The number of aryl methyl sites for hydroxylation is 3. The summed E-state index contributed by atoms with van der Waals surface area (Å²) >= 11 is 0. The van der Waals surface area contributed by atoms with Crippen LogP contribution in [0, 0.1) is 6.92 Å². The van der Waals surface area contributed by atoms with Crippen molar-refractivity contribution >= 4 is 22.6 Å². The third-order valence-corrected chi connectivity index (χ3v) is 6.27. The minimum atomic E-state index is 0.108. The lowest BCUT2D eigenvalue weighted by Crippen LogP contribution is -2.25. The molecule has 156 valence electrons. The summed E-state index contributed by atoms with van der Waals surface area (Å²) in [4.78, 5) is 19.9. The van der Waals surface area contributed by atoms with E-state index < -0.39 is 0 Å². The van der Waals surface area contributed by atoms with Crippen LogP contribution in [0.15, 0.2) is 78.9 Å². The summed E-state index contributed by atoms with van der Waals surface area (Å²) < 4.78 is 2.34. The Morgan fingerprint density at radius 1 is 0.935 bits per heavy atom. The van der Waals surface area contributed by atoms with E-state index in [4.69, 9.17) is 4.98 Å². The smallest absolute Gasteiger partial charge is 0.227 e. The van der Waals surface area contributed by atoms with Crippen molar-refractivity contribution in [2.45, 2.75) is 38.6 Å². The molecule has 1 aliphatic heterocycles. The van der Waals surface area contributed by atoms with Gasteiger partial charge in [-0.15, -0.1) is 0 Å². The van der Waals surface area contributed by atoms with Gasteiger partial charge in [0.2, 0.25) is 5.91 Å². The van der Waals surface area contributed by atoms with Crippen molar-refractivity contribution < 1.29 is 4.79 Å². The maximum atomic E-state index is 12.9. The first-order valence-electron chi connectivity index (χ1n) is 11.1. The van der Waals surface area contributed by atoms with Gasteiger partial charge >= 0.3 is 0 Å². The summed E-state index contributed by atoms with van der Waals surface area (Å²) in [7, 11) is 0. The fourth-order valence-corrected chi connectivity index (χ4v) is 4.71. The SMILES string of the molecule is Cc1ccccc1N1C[C@@H](c2nc3ccccc3n2CCCc2ccccc2)CC1=O. The molecule has 0 radical (unpaired) electrons. The van der Waals surface area contributed by atoms with E-state index in [-0.39, 0.29) is 11.8 Å². The summed E-state index contributed by atoms with van der Waals surface area (Å²) in [5.41, 5.74) is 5.68. The van der Waals surface area contributed by atoms with Crippen molar-refractivity contribution in [3.63, 3.8) is 0 Å². The molecule has 1 aromatic heterocycles. The number of rotatable bonds is 6. The summed E-state index contributed by atoms with van der Waals surface area (Å²) in [6.45, 7) is 3.65. The van der Waals surface area contributed by atoms with Crippen molar-refractivity contribution in [3.05, 3.63) is 95.8 Å². The lowest BCUT2D eigenvalue weighted by Gasteiger charge is -2.19. The molecule has 0 bridgehead atoms. The Bertz CT molecular complexity index is 1210. The number of amides is 1. The zero-order valence-electron chi connectivity index (χ0n) is 17.9. The molecule has 1 saturated heterocycles. The molecular weight excluding hydrogens is 382 g/mol. The van der Waals surface area contributed by atoms with Crippen LogP contribution in [-0.4, -0.2) is 22.0 Å². The predicted octanol–water partition coefficient (Wildman–Crippen LogP) is 5.50. The van der Waals surface area contributed by atoms with E-state index in [0.29, 0.717) is 13.0 Å². The Morgan fingerprint density at radius 2 is 1.68 bits per heavy atom. The van der Waals surface area contributed by atoms with Crippen LogP contribution in [0.2, 0.25) is 0 Å². The number of nitrogens with zero attached hydrogens (tertiary/aromatic N) is 3. The van der Waals surface area contributed by atoms with Crippen LogP contribution in [0.25, 0.3) is 11.0 Å². The van der Waals surface area contributed by atoms with E-state index >= 15 is 0 Å². The molecule has 1 amide bonds.